The number of esters is 1. The Labute approximate surface area is 184 Å². The van der Waals surface area contributed by atoms with Gasteiger partial charge in [-0.15, -0.1) is 0 Å². The number of amides is 1. The molecule has 11 heteroatoms. The average molecular weight is 448 g/mol. The Morgan fingerprint density at radius 1 is 1.22 bits per heavy atom. The van der Waals surface area contributed by atoms with Crippen LogP contribution in [0.25, 0.3) is 0 Å². The predicted molar refractivity (Wildman–Crippen MR) is 118 cm³/mol. The molecule has 0 saturated carbocycles. The van der Waals surface area contributed by atoms with Gasteiger partial charge in [0.2, 0.25) is 0 Å². The summed E-state index contributed by atoms with van der Waals surface area (Å²) in [6.07, 6.45) is 0. The van der Waals surface area contributed by atoms with Crippen molar-refractivity contribution >= 4 is 23.4 Å². The number of rotatable bonds is 10. The summed E-state index contributed by atoms with van der Waals surface area (Å²) in [6, 6.07) is 6.26. The molecule has 0 spiro atoms. The van der Waals surface area contributed by atoms with Crippen molar-refractivity contribution in [2.45, 2.75) is 20.4 Å². The maximum Gasteiger partial charge on any atom is 0.338 e. The first-order valence-corrected chi connectivity index (χ1v) is 9.92. The first-order valence-electron chi connectivity index (χ1n) is 9.92. The van der Waals surface area contributed by atoms with Crippen molar-refractivity contribution in [3.8, 4) is 5.75 Å². The van der Waals surface area contributed by atoms with Gasteiger partial charge in [-0.2, -0.15) is 0 Å². The normalized spacial score (nSPS) is 10.8. The molecule has 0 radical (unpaired) electrons. The van der Waals surface area contributed by atoms with Crippen molar-refractivity contribution in [3.63, 3.8) is 0 Å². The van der Waals surface area contributed by atoms with Crippen LogP contribution in [-0.2, 0) is 20.8 Å². The van der Waals surface area contributed by atoms with Gasteiger partial charge in [0.1, 0.15) is 11.6 Å². The highest BCUT2D eigenvalue weighted by atomic mass is 16.5. The number of hydrogen-bond acceptors (Lipinski definition) is 8. The van der Waals surface area contributed by atoms with Crippen molar-refractivity contribution in [1.29, 1.82) is 0 Å². The fraction of sp³-hybridized carbons (Fsp3) is 0.429. The summed E-state index contributed by atoms with van der Waals surface area (Å²) < 4.78 is 16.4. The van der Waals surface area contributed by atoms with Crippen molar-refractivity contribution in [1.82, 2.24) is 9.55 Å². The van der Waals surface area contributed by atoms with E-state index in [1.165, 1.54) is 30.9 Å². The lowest BCUT2D eigenvalue weighted by molar-refractivity contribution is -0.121. The zero-order valence-corrected chi connectivity index (χ0v) is 18.5. The van der Waals surface area contributed by atoms with E-state index in [0.29, 0.717) is 5.75 Å². The Balaban J connectivity index is 2.31. The second kappa shape index (κ2) is 11.1. The summed E-state index contributed by atoms with van der Waals surface area (Å²) in [4.78, 5) is 53.2. The SMILES string of the molecule is COCCN(C(=O)COC(=O)c1cccc(OC)c1)c1c(N)n(CC(C)C)c(=O)[nH]c1=O. The number of nitrogens with one attached hydrogen (secondary N) is 1. The molecule has 2 aromatic rings. The van der Waals surface area contributed by atoms with E-state index in [0.717, 1.165) is 4.90 Å². The zero-order valence-electron chi connectivity index (χ0n) is 18.5. The summed E-state index contributed by atoms with van der Waals surface area (Å²) >= 11 is 0. The summed E-state index contributed by atoms with van der Waals surface area (Å²) in [7, 11) is 2.89. The summed E-state index contributed by atoms with van der Waals surface area (Å²) in [5.41, 5.74) is 4.61. The minimum Gasteiger partial charge on any atom is -0.497 e. The fourth-order valence-corrected chi connectivity index (χ4v) is 2.97. The monoisotopic (exact) mass is 448 g/mol. The van der Waals surface area contributed by atoms with Gasteiger partial charge in [0.05, 0.1) is 19.3 Å². The van der Waals surface area contributed by atoms with Crippen LogP contribution in [0.5, 0.6) is 5.75 Å². The number of aromatic amines is 1. The molecule has 32 heavy (non-hydrogen) atoms. The fourth-order valence-electron chi connectivity index (χ4n) is 2.97. The van der Waals surface area contributed by atoms with Gasteiger partial charge in [-0.25, -0.2) is 9.59 Å². The highest BCUT2D eigenvalue weighted by molar-refractivity contribution is 5.98. The number of benzene rings is 1. The van der Waals surface area contributed by atoms with Gasteiger partial charge in [0, 0.05) is 20.2 Å². The molecule has 1 aromatic heterocycles. The van der Waals surface area contributed by atoms with Crippen LogP contribution in [-0.4, -0.2) is 55.4 Å². The second-order valence-electron chi connectivity index (χ2n) is 7.34. The molecule has 0 saturated heterocycles. The lowest BCUT2D eigenvalue weighted by Gasteiger charge is -2.24. The van der Waals surface area contributed by atoms with Gasteiger partial charge >= 0.3 is 11.7 Å². The van der Waals surface area contributed by atoms with Gasteiger partial charge in [-0.05, 0) is 24.1 Å². The van der Waals surface area contributed by atoms with Crippen molar-refractivity contribution < 1.29 is 23.8 Å². The highest BCUT2D eigenvalue weighted by Gasteiger charge is 2.25. The molecule has 2 rings (SSSR count). The van der Waals surface area contributed by atoms with Crippen LogP contribution in [0.3, 0.4) is 0 Å². The van der Waals surface area contributed by atoms with Crippen molar-refractivity contribution in [2.24, 2.45) is 5.92 Å². The number of anilines is 2. The Morgan fingerprint density at radius 3 is 2.56 bits per heavy atom. The number of nitrogens with zero attached hydrogens (tertiary/aromatic N) is 2. The number of carbonyl (C=O) groups excluding carboxylic acids is 2. The van der Waals surface area contributed by atoms with E-state index in [1.807, 2.05) is 13.8 Å². The van der Waals surface area contributed by atoms with Crippen LogP contribution in [0.15, 0.2) is 33.9 Å². The first kappa shape index (κ1) is 24.7. The maximum atomic E-state index is 12.9. The molecule has 0 bridgehead atoms. The van der Waals surface area contributed by atoms with E-state index >= 15 is 0 Å². The minimum atomic E-state index is -0.823. The second-order valence-corrected chi connectivity index (χ2v) is 7.34. The summed E-state index contributed by atoms with van der Waals surface area (Å²) in [5.74, 6) is -1.09. The third-order valence-electron chi connectivity index (χ3n) is 4.48. The molecule has 0 atom stereocenters. The largest absolute Gasteiger partial charge is 0.497 e. The molecule has 0 unspecified atom stereocenters. The third kappa shape index (κ3) is 5.97. The van der Waals surface area contributed by atoms with Crippen LogP contribution in [0, 0.1) is 5.92 Å². The number of aromatic nitrogens is 2. The van der Waals surface area contributed by atoms with Crippen LogP contribution in [0.2, 0.25) is 0 Å². The third-order valence-corrected chi connectivity index (χ3v) is 4.48. The molecule has 3 N–H and O–H groups in total. The number of nitrogens with two attached hydrogens (primary N) is 1. The lowest BCUT2D eigenvalue weighted by Crippen LogP contribution is -2.44. The molecule has 0 fully saturated rings. The van der Waals surface area contributed by atoms with Gasteiger partial charge in [0.15, 0.2) is 12.3 Å². The van der Waals surface area contributed by atoms with E-state index in [1.54, 1.807) is 12.1 Å². The standard InChI is InChI=1S/C21H28N4O7/c1-13(2)11-25-18(22)17(19(27)23-21(25)29)24(8-9-30-3)16(26)12-32-20(28)14-6-5-7-15(10-14)31-4/h5-7,10,13H,8-9,11-12,22H2,1-4H3,(H,23,27,29). The molecule has 1 aromatic carbocycles. The molecule has 1 amide bonds. The molecule has 0 aliphatic rings. The topological polar surface area (TPSA) is 146 Å². The molecular weight excluding hydrogens is 420 g/mol. The van der Waals surface area contributed by atoms with E-state index in [-0.39, 0.29) is 42.7 Å². The van der Waals surface area contributed by atoms with E-state index in [4.69, 9.17) is 19.9 Å². The van der Waals surface area contributed by atoms with Crippen LogP contribution in [0.1, 0.15) is 24.2 Å². The van der Waals surface area contributed by atoms with E-state index < -0.39 is 29.7 Å². The zero-order chi connectivity index (χ0) is 23.8. The van der Waals surface area contributed by atoms with Crippen LogP contribution in [0.4, 0.5) is 11.5 Å². The van der Waals surface area contributed by atoms with Crippen molar-refractivity contribution in [3.05, 3.63) is 50.7 Å². The van der Waals surface area contributed by atoms with Gasteiger partial charge < -0.3 is 19.9 Å². The number of carbonyl (C=O) groups is 2. The number of ether oxygens (including phenoxy) is 3. The van der Waals surface area contributed by atoms with Gasteiger partial charge in [-0.1, -0.05) is 19.9 Å². The van der Waals surface area contributed by atoms with Gasteiger partial charge in [0.25, 0.3) is 11.5 Å². The van der Waals surface area contributed by atoms with Gasteiger partial charge in [-0.3, -0.25) is 24.0 Å². The molecule has 0 aliphatic heterocycles. The Morgan fingerprint density at radius 2 is 1.94 bits per heavy atom. The van der Waals surface area contributed by atoms with E-state index in [2.05, 4.69) is 4.98 Å². The number of hydrogen-bond donors (Lipinski definition) is 2. The average Bonchev–Trinajstić information content (AvgIpc) is 2.76. The first-order chi connectivity index (χ1) is 15.2. The maximum absolute atomic E-state index is 12.9. The molecular formula is C21H28N4O7. The molecule has 11 nitrogen and oxygen atoms in total. The minimum absolute atomic E-state index is 0.0425. The van der Waals surface area contributed by atoms with E-state index in [9.17, 15) is 19.2 Å². The summed E-state index contributed by atoms with van der Waals surface area (Å²) in [6.45, 7) is 3.38. The molecule has 1 heterocycles. The quantitative estimate of drug-likeness (QED) is 0.503. The number of H-pyrrole nitrogens is 1. The highest BCUT2D eigenvalue weighted by Crippen LogP contribution is 2.18. The molecule has 174 valence electrons. The number of methoxy groups -OCH3 is 2. The Hall–Kier alpha value is -3.60. The van der Waals surface area contributed by atoms with Crippen LogP contribution < -0.4 is 26.6 Å². The van der Waals surface area contributed by atoms with Crippen LogP contribution >= 0.6 is 0 Å². The lowest BCUT2D eigenvalue weighted by atomic mass is 10.2. The summed E-state index contributed by atoms with van der Waals surface area (Å²) in [5, 5.41) is 0. The number of nitrogen functional groups attached to an aromatic ring is 1. The van der Waals surface area contributed by atoms with Crippen molar-refractivity contribution in [2.75, 3.05) is 44.6 Å². The predicted octanol–water partition coefficient (Wildman–Crippen LogP) is 0.620. The Bertz CT molecular complexity index is 1070. The smallest absolute Gasteiger partial charge is 0.338 e. The Kier molecular flexibility index (Phi) is 8.59. The molecule has 0 aliphatic carbocycles.